The average Bonchev–Trinajstić information content (AvgIpc) is 3.32. The average molecular weight is 394 g/mol. The third kappa shape index (κ3) is 3.56. The van der Waals surface area contributed by atoms with E-state index in [1.54, 1.807) is 0 Å². The van der Waals surface area contributed by atoms with Crippen molar-refractivity contribution < 1.29 is 0 Å². The van der Waals surface area contributed by atoms with Gasteiger partial charge in [0.1, 0.15) is 5.82 Å². The Kier molecular flexibility index (Phi) is 4.65. The molecule has 3 aromatic rings. The van der Waals surface area contributed by atoms with Gasteiger partial charge in [-0.05, 0) is 57.3 Å². The molecule has 0 radical (unpaired) electrons. The van der Waals surface area contributed by atoms with Crippen LogP contribution < -0.4 is 0 Å². The maximum atomic E-state index is 4.87. The number of fused-ring (bicyclic) bond motifs is 2. The van der Waals surface area contributed by atoms with Crippen molar-refractivity contribution in [2.24, 2.45) is 0 Å². The van der Waals surface area contributed by atoms with Gasteiger partial charge in [-0.1, -0.05) is 20.8 Å². The van der Waals surface area contributed by atoms with Gasteiger partial charge in [0.25, 0.3) is 0 Å². The first-order valence-electron chi connectivity index (χ1n) is 11.0. The van der Waals surface area contributed by atoms with Crippen LogP contribution in [0.5, 0.6) is 0 Å². The molecule has 154 valence electrons. The smallest absolute Gasteiger partial charge is 0.177 e. The van der Waals surface area contributed by atoms with Gasteiger partial charge in [-0.25, -0.2) is 4.98 Å². The standard InChI is InChI=1S/C22H31N7/c1-22(2,3)18-7-8-19-24-25-21(29(19)26-18)16-9-12-27(13-10-16)15-20-23-14-17-6-4-5-11-28(17)20/h7-8,14,16H,4-6,9-13,15H2,1-3H3. The quantitative estimate of drug-likeness (QED) is 0.683. The van der Waals surface area contributed by atoms with Crippen molar-refractivity contribution >= 4 is 5.65 Å². The molecular formula is C22H31N7. The first-order valence-corrected chi connectivity index (χ1v) is 11.0. The topological polar surface area (TPSA) is 64.1 Å². The molecule has 2 aliphatic heterocycles. The van der Waals surface area contributed by atoms with Crippen LogP contribution in [0.2, 0.25) is 0 Å². The second-order valence-electron chi connectivity index (χ2n) is 9.62. The van der Waals surface area contributed by atoms with Crippen LogP contribution in [-0.2, 0) is 24.9 Å². The van der Waals surface area contributed by atoms with E-state index in [0.29, 0.717) is 5.92 Å². The lowest BCUT2D eigenvalue weighted by molar-refractivity contribution is 0.193. The second kappa shape index (κ2) is 7.20. The van der Waals surface area contributed by atoms with Gasteiger partial charge in [0.15, 0.2) is 11.5 Å². The zero-order valence-electron chi connectivity index (χ0n) is 17.8. The number of imidazole rings is 1. The van der Waals surface area contributed by atoms with E-state index in [2.05, 4.69) is 52.7 Å². The highest BCUT2D eigenvalue weighted by molar-refractivity contribution is 5.37. The molecule has 7 heteroatoms. The van der Waals surface area contributed by atoms with E-state index in [4.69, 9.17) is 10.1 Å². The molecule has 0 spiro atoms. The van der Waals surface area contributed by atoms with Gasteiger partial charge in [0.2, 0.25) is 0 Å². The molecule has 29 heavy (non-hydrogen) atoms. The van der Waals surface area contributed by atoms with E-state index < -0.39 is 0 Å². The van der Waals surface area contributed by atoms with Crippen molar-refractivity contribution in [3.05, 3.63) is 41.4 Å². The lowest BCUT2D eigenvalue weighted by Crippen LogP contribution is -2.34. The van der Waals surface area contributed by atoms with E-state index in [1.165, 1.54) is 30.8 Å². The second-order valence-corrected chi connectivity index (χ2v) is 9.62. The van der Waals surface area contributed by atoms with Gasteiger partial charge in [0, 0.05) is 29.8 Å². The zero-order chi connectivity index (χ0) is 20.0. The summed E-state index contributed by atoms with van der Waals surface area (Å²) < 4.78 is 4.42. The van der Waals surface area contributed by atoms with Crippen LogP contribution in [0.1, 0.15) is 75.4 Å². The van der Waals surface area contributed by atoms with Gasteiger partial charge in [0.05, 0.1) is 12.2 Å². The van der Waals surface area contributed by atoms with Crippen molar-refractivity contribution in [2.75, 3.05) is 13.1 Å². The molecule has 5 rings (SSSR count). The van der Waals surface area contributed by atoms with E-state index in [-0.39, 0.29) is 5.41 Å². The summed E-state index contributed by atoms with van der Waals surface area (Å²) in [6.07, 6.45) is 8.03. The SMILES string of the molecule is CC(C)(C)c1ccc2nnc(C3CCN(Cc4ncc5n4CCCC5)CC3)n2n1. The first kappa shape index (κ1) is 18.7. The van der Waals surface area contributed by atoms with Gasteiger partial charge in [-0.15, -0.1) is 10.2 Å². The van der Waals surface area contributed by atoms with Crippen LogP contribution in [0.15, 0.2) is 18.3 Å². The van der Waals surface area contributed by atoms with Crippen LogP contribution in [0, 0.1) is 0 Å². The number of likely N-dealkylation sites (tertiary alicyclic amines) is 1. The van der Waals surface area contributed by atoms with E-state index >= 15 is 0 Å². The molecule has 1 fully saturated rings. The van der Waals surface area contributed by atoms with Crippen LogP contribution in [0.3, 0.4) is 0 Å². The summed E-state index contributed by atoms with van der Waals surface area (Å²) in [4.78, 5) is 7.26. The Hall–Kier alpha value is -2.28. The highest BCUT2D eigenvalue weighted by Gasteiger charge is 2.27. The summed E-state index contributed by atoms with van der Waals surface area (Å²) >= 11 is 0. The predicted octanol–water partition coefficient (Wildman–Crippen LogP) is 3.33. The third-order valence-corrected chi connectivity index (χ3v) is 6.46. The number of nitrogens with zero attached hydrogens (tertiary/aromatic N) is 7. The van der Waals surface area contributed by atoms with Crippen molar-refractivity contribution in [1.82, 2.24) is 34.3 Å². The maximum Gasteiger partial charge on any atom is 0.177 e. The molecule has 0 atom stereocenters. The molecule has 0 N–H and O–H groups in total. The lowest BCUT2D eigenvalue weighted by atomic mass is 9.92. The fourth-order valence-electron chi connectivity index (χ4n) is 4.64. The summed E-state index contributed by atoms with van der Waals surface area (Å²) in [7, 11) is 0. The minimum Gasteiger partial charge on any atom is -0.331 e. The summed E-state index contributed by atoms with van der Waals surface area (Å²) in [5, 5.41) is 13.8. The summed E-state index contributed by atoms with van der Waals surface area (Å²) in [6, 6.07) is 4.11. The third-order valence-electron chi connectivity index (χ3n) is 6.46. The van der Waals surface area contributed by atoms with E-state index in [9.17, 15) is 0 Å². The number of aryl methyl sites for hydroxylation is 1. The molecule has 0 aromatic carbocycles. The fraction of sp³-hybridized carbons (Fsp3) is 0.636. The van der Waals surface area contributed by atoms with Crippen LogP contribution in [-0.4, -0.2) is 47.4 Å². The fourth-order valence-corrected chi connectivity index (χ4v) is 4.64. The van der Waals surface area contributed by atoms with E-state index in [0.717, 1.165) is 56.2 Å². The van der Waals surface area contributed by atoms with Crippen molar-refractivity contribution in [3.8, 4) is 0 Å². The highest BCUT2D eigenvalue weighted by Crippen LogP contribution is 2.29. The molecule has 5 heterocycles. The monoisotopic (exact) mass is 393 g/mol. The normalized spacial score (nSPS) is 19.0. The molecule has 1 saturated heterocycles. The molecule has 0 aliphatic carbocycles. The highest BCUT2D eigenvalue weighted by atomic mass is 15.4. The predicted molar refractivity (Wildman–Crippen MR) is 112 cm³/mol. The Balaban J connectivity index is 1.29. The number of hydrogen-bond acceptors (Lipinski definition) is 5. The van der Waals surface area contributed by atoms with Gasteiger partial charge in [-0.2, -0.15) is 9.61 Å². The number of aromatic nitrogens is 6. The van der Waals surface area contributed by atoms with Gasteiger partial charge >= 0.3 is 0 Å². The maximum absolute atomic E-state index is 4.87. The molecule has 2 aliphatic rings. The van der Waals surface area contributed by atoms with Gasteiger partial charge in [-0.3, -0.25) is 4.90 Å². The van der Waals surface area contributed by atoms with Crippen LogP contribution >= 0.6 is 0 Å². The van der Waals surface area contributed by atoms with Crippen molar-refractivity contribution in [2.45, 2.75) is 77.3 Å². The summed E-state index contributed by atoms with van der Waals surface area (Å²) in [6.45, 7) is 10.8. The molecular weight excluding hydrogens is 362 g/mol. The Morgan fingerprint density at radius 2 is 1.86 bits per heavy atom. The largest absolute Gasteiger partial charge is 0.331 e. The minimum absolute atomic E-state index is 0.0163. The Labute approximate surface area is 172 Å². The van der Waals surface area contributed by atoms with Crippen molar-refractivity contribution in [1.29, 1.82) is 0 Å². The summed E-state index contributed by atoms with van der Waals surface area (Å²) in [5.74, 6) is 2.67. The number of hydrogen-bond donors (Lipinski definition) is 0. The van der Waals surface area contributed by atoms with Crippen LogP contribution in [0.4, 0.5) is 0 Å². The molecule has 0 amide bonds. The Morgan fingerprint density at radius 1 is 1.03 bits per heavy atom. The van der Waals surface area contributed by atoms with Crippen molar-refractivity contribution in [3.63, 3.8) is 0 Å². The Bertz CT molecular complexity index is 1000. The lowest BCUT2D eigenvalue weighted by Gasteiger charge is -2.31. The molecule has 0 saturated carbocycles. The molecule has 7 nitrogen and oxygen atoms in total. The molecule has 0 bridgehead atoms. The molecule has 0 unspecified atom stereocenters. The van der Waals surface area contributed by atoms with E-state index in [1.807, 2.05) is 10.6 Å². The minimum atomic E-state index is 0.0163. The summed E-state index contributed by atoms with van der Waals surface area (Å²) in [5.41, 5.74) is 3.35. The zero-order valence-corrected chi connectivity index (χ0v) is 17.8. The number of rotatable bonds is 3. The Morgan fingerprint density at radius 3 is 2.66 bits per heavy atom. The number of piperidine rings is 1. The first-order chi connectivity index (χ1) is 14.0. The van der Waals surface area contributed by atoms with Crippen LogP contribution in [0.25, 0.3) is 5.65 Å². The van der Waals surface area contributed by atoms with Gasteiger partial charge < -0.3 is 4.57 Å². The molecule has 3 aromatic heterocycles.